The molecule has 4 nitrogen and oxygen atoms in total. The Morgan fingerprint density at radius 1 is 1.12 bits per heavy atom. The van der Waals surface area contributed by atoms with E-state index in [-0.39, 0.29) is 6.08 Å². The van der Waals surface area contributed by atoms with Gasteiger partial charge in [-0.25, -0.2) is 4.79 Å². The Morgan fingerprint density at radius 3 is 1.96 bits per heavy atom. The fraction of sp³-hybridized carbons (Fsp3) is 0.786. The van der Waals surface area contributed by atoms with E-state index in [1.165, 1.54) is 34.6 Å². The van der Waals surface area contributed by atoms with Gasteiger partial charge in [0, 0.05) is 0 Å². The highest BCUT2D eigenvalue weighted by Crippen LogP contribution is 2.40. The Balaban J connectivity index is 3.25. The van der Waals surface area contributed by atoms with Crippen LogP contribution in [-0.2, 0) is 9.47 Å². The van der Waals surface area contributed by atoms with Crippen molar-refractivity contribution in [2.75, 3.05) is 6.61 Å². The molecule has 0 radical (unpaired) electrons. The molecular weight excluding hydrogens is 344 g/mol. The Bertz CT molecular complexity index is 500. The quantitative estimate of drug-likeness (QED) is 0.512. The van der Waals surface area contributed by atoms with Crippen molar-refractivity contribution >= 4 is 6.09 Å². The molecule has 140 valence electrons. The van der Waals surface area contributed by atoms with Crippen molar-refractivity contribution in [3.63, 3.8) is 0 Å². The minimum absolute atomic E-state index is 0.0430. The summed E-state index contributed by atoms with van der Waals surface area (Å²) in [5.41, 5.74) is -5.07. The number of hydrogen-bond acceptors (Lipinski definition) is 3. The molecule has 1 fully saturated rings. The van der Waals surface area contributed by atoms with Gasteiger partial charge >= 0.3 is 18.4 Å². The number of amides is 1. The Labute approximate surface area is 135 Å². The van der Waals surface area contributed by atoms with Crippen molar-refractivity contribution in [1.29, 1.82) is 0 Å². The van der Waals surface area contributed by atoms with E-state index in [1.807, 2.05) is 0 Å². The first-order valence-corrected chi connectivity index (χ1v) is 6.97. The van der Waals surface area contributed by atoms with Gasteiger partial charge in [-0.3, -0.25) is 4.90 Å². The van der Waals surface area contributed by atoms with Gasteiger partial charge in [0.1, 0.15) is 16.9 Å². The third kappa shape index (κ3) is 5.02. The molecule has 0 saturated carbocycles. The molecule has 0 unspecified atom stereocenters. The summed E-state index contributed by atoms with van der Waals surface area (Å²) in [4.78, 5) is 12.9. The molecule has 1 saturated heterocycles. The van der Waals surface area contributed by atoms with Gasteiger partial charge in [-0.1, -0.05) is 0 Å². The molecule has 10 heteroatoms. The smallest absolute Gasteiger partial charge is 0.421 e. The van der Waals surface area contributed by atoms with Gasteiger partial charge in [0.25, 0.3) is 0 Å². The number of halogens is 6. The lowest BCUT2D eigenvalue weighted by Crippen LogP contribution is -2.49. The van der Waals surface area contributed by atoms with Crippen LogP contribution in [-0.4, -0.2) is 47.3 Å². The summed E-state index contributed by atoms with van der Waals surface area (Å²) in [6, 6.07) is -1.56. The van der Waals surface area contributed by atoms with Crippen molar-refractivity contribution in [2.24, 2.45) is 0 Å². The van der Waals surface area contributed by atoms with Crippen molar-refractivity contribution in [3.8, 4) is 0 Å². The maximum Gasteiger partial charge on any atom is 0.421 e. The summed E-state index contributed by atoms with van der Waals surface area (Å²) in [5.74, 6) is 0. The number of hydrogen-bond donors (Lipinski definition) is 0. The van der Waals surface area contributed by atoms with Crippen molar-refractivity contribution < 1.29 is 40.6 Å². The van der Waals surface area contributed by atoms with Crippen LogP contribution in [0.15, 0.2) is 11.6 Å². The predicted octanol–water partition coefficient (Wildman–Crippen LogP) is 4.41. The average molecular weight is 363 g/mol. The summed E-state index contributed by atoms with van der Waals surface area (Å²) in [6.07, 6.45) is -12.3. The van der Waals surface area contributed by atoms with Crippen molar-refractivity contribution in [3.05, 3.63) is 11.6 Å². The molecular formula is C14H19F6NO3. The van der Waals surface area contributed by atoms with Gasteiger partial charge in [0.2, 0.25) is 0 Å². The van der Waals surface area contributed by atoms with Gasteiger partial charge in [-0.05, 0) is 40.7 Å². The van der Waals surface area contributed by atoms with E-state index in [9.17, 15) is 31.1 Å². The van der Waals surface area contributed by atoms with Crippen LogP contribution < -0.4 is 0 Å². The summed E-state index contributed by atoms with van der Waals surface area (Å²) in [5, 5.41) is 0. The molecule has 1 aliphatic rings. The molecule has 0 aromatic heterocycles. The molecule has 1 heterocycles. The fourth-order valence-electron chi connectivity index (χ4n) is 2.16. The number of allylic oxidation sites excluding steroid dienone is 1. The van der Waals surface area contributed by atoms with Crippen LogP contribution in [0.2, 0.25) is 0 Å². The molecule has 0 bridgehead atoms. The van der Waals surface area contributed by atoms with Gasteiger partial charge in [-0.15, -0.1) is 0 Å². The second-order valence-electron chi connectivity index (χ2n) is 6.75. The molecule has 1 atom stereocenters. The maximum absolute atomic E-state index is 12.7. The first kappa shape index (κ1) is 20.6. The van der Waals surface area contributed by atoms with Gasteiger partial charge in [0.05, 0.1) is 12.6 Å². The number of alkyl halides is 6. The first-order chi connectivity index (χ1) is 10.5. The van der Waals surface area contributed by atoms with Crippen LogP contribution in [0.5, 0.6) is 0 Å². The highest BCUT2D eigenvalue weighted by atomic mass is 19.4. The highest BCUT2D eigenvalue weighted by molar-refractivity contribution is 5.70. The van der Waals surface area contributed by atoms with Crippen LogP contribution in [0.3, 0.4) is 0 Å². The highest BCUT2D eigenvalue weighted by Gasteiger charge is 2.53. The van der Waals surface area contributed by atoms with Crippen LogP contribution in [0.25, 0.3) is 0 Å². The Hall–Kier alpha value is -1.45. The molecule has 24 heavy (non-hydrogen) atoms. The van der Waals surface area contributed by atoms with Gasteiger partial charge < -0.3 is 9.47 Å². The monoisotopic (exact) mass is 363 g/mol. The maximum atomic E-state index is 12.7. The van der Waals surface area contributed by atoms with Gasteiger partial charge in [-0.2, -0.15) is 26.3 Å². The van der Waals surface area contributed by atoms with E-state index in [0.717, 1.165) is 4.90 Å². The average Bonchev–Trinajstić information content (AvgIpc) is 2.55. The number of nitrogens with zero attached hydrogens (tertiary/aromatic N) is 1. The molecule has 1 amide bonds. The molecule has 0 aromatic rings. The van der Waals surface area contributed by atoms with E-state index < -0.39 is 48.0 Å². The van der Waals surface area contributed by atoms with Gasteiger partial charge in [0.15, 0.2) is 0 Å². The third-order valence-corrected chi connectivity index (χ3v) is 3.08. The third-order valence-electron chi connectivity index (χ3n) is 3.08. The summed E-state index contributed by atoms with van der Waals surface area (Å²) in [6.45, 7) is 6.77. The van der Waals surface area contributed by atoms with Crippen LogP contribution in [0, 0.1) is 0 Å². The lowest BCUT2D eigenvalue weighted by atomic mass is 10.1. The minimum atomic E-state index is -5.61. The van der Waals surface area contributed by atoms with Crippen molar-refractivity contribution in [1.82, 2.24) is 4.90 Å². The van der Waals surface area contributed by atoms with Crippen molar-refractivity contribution in [2.45, 2.75) is 64.3 Å². The zero-order chi connectivity index (χ0) is 19.1. The van der Waals surface area contributed by atoms with E-state index >= 15 is 0 Å². The zero-order valence-corrected chi connectivity index (χ0v) is 13.8. The summed E-state index contributed by atoms with van der Waals surface area (Å²) in [7, 11) is 0. The SMILES string of the molecule is CC(C)(C)OC(=O)N1[C@@H](C=C(C(F)(F)F)C(F)(F)F)COC1(C)C. The Morgan fingerprint density at radius 2 is 1.58 bits per heavy atom. The van der Waals surface area contributed by atoms with E-state index in [4.69, 9.17) is 9.47 Å². The summed E-state index contributed by atoms with van der Waals surface area (Å²) >= 11 is 0. The largest absolute Gasteiger partial charge is 0.444 e. The lowest BCUT2D eigenvalue weighted by molar-refractivity contribution is -0.172. The molecule has 0 aromatic carbocycles. The molecule has 0 N–H and O–H groups in total. The summed E-state index contributed by atoms with van der Waals surface area (Å²) < 4.78 is 86.4. The predicted molar refractivity (Wildman–Crippen MR) is 72.1 cm³/mol. The number of carbonyl (C=O) groups is 1. The second-order valence-corrected chi connectivity index (χ2v) is 6.75. The second kappa shape index (κ2) is 6.12. The molecule has 1 aliphatic heterocycles. The number of rotatable bonds is 1. The van der Waals surface area contributed by atoms with Crippen LogP contribution in [0.1, 0.15) is 34.6 Å². The topological polar surface area (TPSA) is 38.8 Å². The van der Waals surface area contributed by atoms with E-state index in [2.05, 4.69) is 0 Å². The molecule has 0 spiro atoms. The van der Waals surface area contributed by atoms with Crippen LogP contribution >= 0.6 is 0 Å². The number of carbonyl (C=O) groups excluding carboxylic acids is 1. The van der Waals surface area contributed by atoms with E-state index in [1.54, 1.807) is 0 Å². The fourth-order valence-corrected chi connectivity index (χ4v) is 2.16. The minimum Gasteiger partial charge on any atom is -0.444 e. The van der Waals surface area contributed by atoms with E-state index in [0.29, 0.717) is 0 Å². The van der Waals surface area contributed by atoms with Crippen LogP contribution in [0.4, 0.5) is 31.1 Å². The number of ether oxygens (including phenoxy) is 2. The first-order valence-electron chi connectivity index (χ1n) is 6.97. The molecule has 1 rings (SSSR count). The standard InChI is InChI=1S/C14H19F6NO3/c1-11(2,3)24-10(22)21-8(7-23-12(21,4)5)6-9(13(15,16)17)14(18,19)20/h6,8H,7H2,1-5H3/t8-/m0/s1. The Kier molecular flexibility index (Phi) is 5.25. The lowest BCUT2D eigenvalue weighted by Gasteiger charge is -2.34. The zero-order valence-electron chi connectivity index (χ0n) is 13.8. The normalized spacial score (nSPS) is 21.6. The molecule has 0 aliphatic carbocycles.